The first-order valence-corrected chi connectivity index (χ1v) is 6.35. The average molecular weight is 236 g/mol. The molecule has 0 aliphatic heterocycles. The lowest BCUT2D eigenvalue weighted by atomic mass is 10.0. The van der Waals surface area contributed by atoms with Gasteiger partial charge in [-0.2, -0.15) is 0 Å². The van der Waals surface area contributed by atoms with Crippen LogP contribution >= 0.6 is 0 Å². The van der Waals surface area contributed by atoms with Gasteiger partial charge in [-0.1, -0.05) is 29.8 Å². The molecule has 3 N–H and O–H groups in total. The lowest BCUT2D eigenvalue weighted by molar-refractivity contribution is 0.140. The van der Waals surface area contributed by atoms with Crippen LogP contribution in [0.1, 0.15) is 30.9 Å². The highest BCUT2D eigenvalue weighted by Gasteiger charge is 2.07. The van der Waals surface area contributed by atoms with Crippen molar-refractivity contribution >= 4 is 0 Å². The smallest absolute Gasteiger partial charge is 0.0466 e. The molecule has 0 amide bonds. The Balaban J connectivity index is 2.35. The summed E-state index contributed by atoms with van der Waals surface area (Å²) in [6.07, 6.45) is 3.07. The van der Waals surface area contributed by atoms with Crippen molar-refractivity contribution in [2.45, 2.75) is 39.2 Å². The van der Waals surface area contributed by atoms with Crippen molar-refractivity contribution in [3.05, 3.63) is 35.4 Å². The molecular formula is C14H24N2O. The van der Waals surface area contributed by atoms with Gasteiger partial charge in [0, 0.05) is 19.3 Å². The molecule has 0 spiro atoms. The Bertz CT molecular complexity index is 315. The van der Waals surface area contributed by atoms with E-state index in [0.717, 1.165) is 32.5 Å². The third-order valence-electron chi connectivity index (χ3n) is 2.85. The van der Waals surface area contributed by atoms with Gasteiger partial charge in [0.1, 0.15) is 0 Å². The second kappa shape index (κ2) is 8.23. The minimum atomic E-state index is 0.331. The van der Waals surface area contributed by atoms with Crippen LogP contribution in [0.5, 0.6) is 0 Å². The third kappa shape index (κ3) is 5.82. The maximum atomic E-state index is 5.58. The van der Waals surface area contributed by atoms with Crippen LogP contribution in [0.2, 0.25) is 0 Å². The Morgan fingerprint density at radius 1 is 1.41 bits per heavy atom. The van der Waals surface area contributed by atoms with Gasteiger partial charge in [-0.15, -0.1) is 0 Å². The maximum absolute atomic E-state index is 5.58. The van der Waals surface area contributed by atoms with Gasteiger partial charge in [-0.3, -0.25) is 11.3 Å². The summed E-state index contributed by atoms with van der Waals surface area (Å²) in [6.45, 7) is 5.75. The second-order valence-electron chi connectivity index (χ2n) is 4.40. The molecule has 0 aliphatic rings. The minimum absolute atomic E-state index is 0.331. The third-order valence-corrected chi connectivity index (χ3v) is 2.85. The van der Waals surface area contributed by atoms with E-state index in [1.807, 2.05) is 6.92 Å². The Morgan fingerprint density at radius 3 is 2.88 bits per heavy atom. The SMILES string of the molecule is CCOCCCC(Cc1cccc(C)c1)NN. The van der Waals surface area contributed by atoms with Gasteiger partial charge >= 0.3 is 0 Å². The van der Waals surface area contributed by atoms with Crippen molar-refractivity contribution in [2.24, 2.45) is 5.84 Å². The molecule has 3 nitrogen and oxygen atoms in total. The number of rotatable bonds is 8. The normalized spacial score (nSPS) is 12.6. The molecule has 1 aromatic carbocycles. The Morgan fingerprint density at radius 2 is 2.24 bits per heavy atom. The number of benzene rings is 1. The van der Waals surface area contributed by atoms with Gasteiger partial charge in [-0.05, 0) is 38.7 Å². The maximum Gasteiger partial charge on any atom is 0.0466 e. The van der Waals surface area contributed by atoms with E-state index in [9.17, 15) is 0 Å². The first-order valence-electron chi connectivity index (χ1n) is 6.35. The standard InChI is InChI=1S/C14H24N2O/c1-3-17-9-5-8-14(16-15)11-13-7-4-6-12(2)10-13/h4,6-7,10,14,16H,3,5,8-9,11,15H2,1-2H3. The molecule has 96 valence electrons. The molecule has 0 saturated carbocycles. The topological polar surface area (TPSA) is 47.3 Å². The fraction of sp³-hybridized carbons (Fsp3) is 0.571. The molecule has 0 fully saturated rings. The molecule has 1 aromatic rings. The van der Waals surface area contributed by atoms with Crippen LogP contribution in [0.15, 0.2) is 24.3 Å². The van der Waals surface area contributed by atoms with Crippen molar-refractivity contribution in [3.63, 3.8) is 0 Å². The van der Waals surface area contributed by atoms with E-state index in [-0.39, 0.29) is 0 Å². The molecule has 1 atom stereocenters. The van der Waals surface area contributed by atoms with Crippen LogP contribution in [0.4, 0.5) is 0 Å². The zero-order chi connectivity index (χ0) is 12.5. The lowest BCUT2D eigenvalue weighted by Gasteiger charge is -2.16. The molecule has 0 radical (unpaired) electrons. The van der Waals surface area contributed by atoms with Crippen LogP contribution in [-0.4, -0.2) is 19.3 Å². The van der Waals surface area contributed by atoms with E-state index in [2.05, 4.69) is 36.6 Å². The first kappa shape index (κ1) is 14.2. The van der Waals surface area contributed by atoms with Gasteiger partial charge in [-0.25, -0.2) is 0 Å². The summed E-state index contributed by atoms with van der Waals surface area (Å²) in [5.41, 5.74) is 5.53. The van der Waals surface area contributed by atoms with Gasteiger partial charge in [0.25, 0.3) is 0 Å². The van der Waals surface area contributed by atoms with E-state index >= 15 is 0 Å². The highest BCUT2D eigenvalue weighted by molar-refractivity contribution is 5.22. The Labute approximate surface area is 104 Å². The van der Waals surface area contributed by atoms with Crippen LogP contribution in [-0.2, 0) is 11.2 Å². The molecule has 0 saturated heterocycles. The van der Waals surface area contributed by atoms with Crippen molar-refractivity contribution < 1.29 is 4.74 Å². The van der Waals surface area contributed by atoms with Crippen LogP contribution < -0.4 is 11.3 Å². The number of nitrogens with two attached hydrogens (primary N) is 1. The predicted octanol–water partition coefficient (Wildman–Crippen LogP) is 2.19. The second-order valence-corrected chi connectivity index (χ2v) is 4.40. The van der Waals surface area contributed by atoms with Gasteiger partial charge in [0.05, 0.1) is 0 Å². The number of aryl methyl sites for hydroxylation is 1. The van der Waals surface area contributed by atoms with Crippen molar-refractivity contribution in [1.29, 1.82) is 0 Å². The Kier molecular flexibility index (Phi) is 6.86. The fourth-order valence-electron chi connectivity index (χ4n) is 1.94. The molecular weight excluding hydrogens is 212 g/mol. The highest BCUT2D eigenvalue weighted by atomic mass is 16.5. The van der Waals surface area contributed by atoms with Crippen LogP contribution in [0.3, 0.4) is 0 Å². The number of nitrogens with one attached hydrogen (secondary N) is 1. The van der Waals surface area contributed by atoms with Crippen LogP contribution in [0, 0.1) is 6.92 Å². The summed E-state index contributed by atoms with van der Waals surface area (Å²) in [5.74, 6) is 5.58. The predicted molar refractivity (Wildman–Crippen MR) is 71.7 cm³/mol. The molecule has 3 heteroatoms. The van der Waals surface area contributed by atoms with E-state index < -0.39 is 0 Å². The first-order chi connectivity index (χ1) is 8.26. The minimum Gasteiger partial charge on any atom is -0.382 e. The number of ether oxygens (including phenoxy) is 1. The van der Waals surface area contributed by atoms with E-state index in [1.165, 1.54) is 11.1 Å². The molecule has 0 heterocycles. The average Bonchev–Trinajstić information content (AvgIpc) is 2.33. The lowest BCUT2D eigenvalue weighted by Crippen LogP contribution is -2.37. The molecule has 1 unspecified atom stereocenters. The van der Waals surface area contributed by atoms with Gasteiger partial charge < -0.3 is 4.74 Å². The number of hydrazine groups is 1. The highest BCUT2D eigenvalue weighted by Crippen LogP contribution is 2.09. The summed E-state index contributed by atoms with van der Waals surface area (Å²) in [6, 6.07) is 8.91. The van der Waals surface area contributed by atoms with E-state index in [4.69, 9.17) is 10.6 Å². The van der Waals surface area contributed by atoms with Crippen molar-refractivity contribution in [3.8, 4) is 0 Å². The quantitative estimate of drug-likeness (QED) is 0.413. The summed E-state index contributed by atoms with van der Waals surface area (Å²) in [7, 11) is 0. The van der Waals surface area contributed by atoms with Crippen molar-refractivity contribution in [1.82, 2.24) is 5.43 Å². The summed E-state index contributed by atoms with van der Waals surface area (Å²) in [4.78, 5) is 0. The van der Waals surface area contributed by atoms with Gasteiger partial charge in [0.15, 0.2) is 0 Å². The zero-order valence-corrected chi connectivity index (χ0v) is 10.9. The largest absolute Gasteiger partial charge is 0.382 e. The molecule has 1 rings (SSSR count). The number of hydrogen-bond donors (Lipinski definition) is 2. The fourth-order valence-corrected chi connectivity index (χ4v) is 1.94. The monoisotopic (exact) mass is 236 g/mol. The summed E-state index contributed by atoms with van der Waals surface area (Å²) >= 11 is 0. The molecule has 0 aliphatic carbocycles. The Hall–Kier alpha value is -0.900. The zero-order valence-electron chi connectivity index (χ0n) is 10.9. The van der Waals surface area contributed by atoms with E-state index in [1.54, 1.807) is 0 Å². The summed E-state index contributed by atoms with van der Waals surface area (Å²) < 4.78 is 5.33. The van der Waals surface area contributed by atoms with E-state index in [0.29, 0.717) is 6.04 Å². The van der Waals surface area contributed by atoms with Crippen LogP contribution in [0.25, 0.3) is 0 Å². The van der Waals surface area contributed by atoms with Crippen molar-refractivity contribution in [2.75, 3.05) is 13.2 Å². The molecule has 0 bridgehead atoms. The van der Waals surface area contributed by atoms with Gasteiger partial charge in [0.2, 0.25) is 0 Å². The number of hydrogen-bond acceptors (Lipinski definition) is 3. The molecule has 0 aromatic heterocycles. The molecule has 17 heavy (non-hydrogen) atoms. The summed E-state index contributed by atoms with van der Waals surface area (Å²) in [5, 5.41) is 0.